The summed E-state index contributed by atoms with van der Waals surface area (Å²) in [6, 6.07) is 10.2. The van der Waals surface area contributed by atoms with E-state index in [0.29, 0.717) is 6.42 Å². The molecule has 0 aromatic heterocycles. The summed E-state index contributed by atoms with van der Waals surface area (Å²) >= 11 is 0. The van der Waals surface area contributed by atoms with Gasteiger partial charge in [0.25, 0.3) is 0 Å². The SMILES string of the molecule is C=C(CCC=O)Cc1ccccc1. The number of carbonyl (C=O) groups excluding carboxylic acids is 1. The Balaban J connectivity index is 2.41. The second-order valence-electron chi connectivity index (χ2n) is 3.12. The van der Waals surface area contributed by atoms with Crippen LogP contribution in [0.1, 0.15) is 18.4 Å². The second-order valence-corrected chi connectivity index (χ2v) is 3.12. The number of benzene rings is 1. The molecule has 0 fully saturated rings. The summed E-state index contributed by atoms with van der Waals surface area (Å²) in [6.07, 6.45) is 3.22. The fourth-order valence-electron chi connectivity index (χ4n) is 1.24. The van der Waals surface area contributed by atoms with Crippen molar-refractivity contribution in [1.29, 1.82) is 0 Å². The maximum absolute atomic E-state index is 10.1. The summed E-state index contributed by atoms with van der Waals surface area (Å²) in [6.45, 7) is 3.93. The van der Waals surface area contributed by atoms with E-state index in [1.807, 2.05) is 18.2 Å². The van der Waals surface area contributed by atoms with E-state index in [4.69, 9.17) is 0 Å². The molecular formula is C12H14O. The van der Waals surface area contributed by atoms with E-state index >= 15 is 0 Å². The van der Waals surface area contributed by atoms with Crippen LogP contribution < -0.4 is 0 Å². The maximum atomic E-state index is 10.1. The van der Waals surface area contributed by atoms with Gasteiger partial charge in [0.05, 0.1) is 0 Å². The van der Waals surface area contributed by atoms with Crippen molar-refractivity contribution >= 4 is 6.29 Å². The smallest absolute Gasteiger partial charge is 0.120 e. The van der Waals surface area contributed by atoms with Gasteiger partial charge in [-0.25, -0.2) is 0 Å². The molecule has 0 aliphatic rings. The van der Waals surface area contributed by atoms with Gasteiger partial charge in [0.1, 0.15) is 6.29 Å². The Bertz CT molecular complexity index is 274. The summed E-state index contributed by atoms with van der Waals surface area (Å²) in [4.78, 5) is 10.1. The Hall–Kier alpha value is -1.37. The Kier molecular flexibility index (Phi) is 3.97. The maximum Gasteiger partial charge on any atom is 0.120 e. The van der Waals surface area contributed by atoms with Gasteiger partial charge in [-0.1, -0.05) is 42.5 Å². The minimum atomic E-state index is 0.589. The van der Waals surface area contributed by atoms with Gasteiger partial charge in [-0.2, -0.15) is 0 Å². The Labute approximate surface area is 79.1 Å². The largest absolute Gasteiger partial charge is 0.303 e. The fourth-order valence-corrected chi connectivity index (χ4v) is 1.24. The van der Waals surface area contributed by atoms with Crippen LogP contribution in [0.15, 0.2) is 42.5 Å². The van der Waals surface area contributed by atoms with Crippen LogP contribution in [0.25, 0.3) is 0 Å². The van der Waals surface area contributed by atoms with Crippen LogP contribution in [0.2, 0.25) is 0 Å². The number of rotatable bonds is 5. The number of hydrogen-bond donors (Lipinski definition) is 0. The van der Waals surface area contributed by atoms with Crippen molar-refractivity contribution in [2.75, 3.05) is 0 Å². The normalized spacial score (nSPS) is 9.54. The average molecular weight is 174 g/mol. The van der Waals surface area contributed by atoms with E-state index in [-0.39, 0.29) is 0 Å². The first kappa shape index (κ1) is 9.72. The molecule has 0 saturated heterocycles. The van der Waals surface area contributed by atoms with Crippen LogP contribution in [-0.2, 0) is 11.2 Å². The Morgan fingerprint density at radius 3 is 2.62 bits per heavy atom. The highest BCUT2D eigenvalue weighted by atomic mass is 16.1. The fraction of sp³-hybridized carbons (Fsp3) is 0.250. The lowest BCUT2D eigenvalue weighted by Crippen LogP contribution is -1.89. The molecular weight excluding hydrogens is 160 g/mol. The monoisotopic (exact) mass is 174 g/mol. The lowest BCUT2D eigenvalue weighted by atomic mass is 10.0. The molecule has 1 rings (SSSR count). The molecule has 0 radical (unpaired) electrons. The molecule has 0 bridgehead atoms. The lowest BCUT2D eigenvalue weighted by molar-refractivity contribution is -0.107. The van der Waals surface area contributed by atoms with E-state index in [1.54, 1.807) is 0 Å². The van der Waals surface area contributed by atoms with Gasteiger partial charge in [0.15, 0.2) is 0 Å². The quantitative estimate of drug-likeness (QED) is 0.495. The van der Waals surface area contributed by atoms with Crippen LogP contribution in [-0.4, -0.2) is 6.29 Å². The molecule has 0 saturated carbocycles. The van der Waals surface area contributed by atoms with Crippen LogP contribution in [0.5, 0.6) is 0 Å². The first-order valence-corrected chi connectivity index (χ1v) is 4.47. The first-order chi connectivity index (χ1) is 6.33. The molecule has 1 heteroatoms. The summed E-state index contributed by atoms with van der Waals surface area (Å²) in [7, 11) is 0. The van der Waals surface area contributed by atoms with E-state index in [9.17, 15) is 4.79 Å². The highest BCUT2D eigenvalue weighted by Crippen LogP contribution is 2.09. The third-order valence-electron chi connectivity index (χ3n) is 1.91. The predicted octanol–water partition coefficient (Wildman–Crippen LogP) is 2.76. The number of hydrogen-bond acceptors (Lipinski definition) is 1. The van der Waals surface area contributed by atoms with Gasteiger partial charge in [-0.3, -0.25) is 0 Å². The highest BCUT2D eigenvalue weighted by Gasteiger charge is 1.95. The molecule has 1 aromatic carbocycles. The summed E-state index contributed by atoms with van der Waals surface area (Å²) in [5.41, 5.74) is 2.39. The van der Waals surface area contributed by atoms with Gasteiger partial charge in [0, 0.05) is 6.42 Å². The molecule has 0 spiro atoms. The van der Waals surface area contributed by atoms with Crippen molar-refractivity contribution in [2.45, 2.75) is 19.3 Å². The molecule has 0 unspecified atom stereocenters. The summed E-state index contributed by atoms with van der Waals surface area (Å²) < 4.78 is 0. The lowest BCUT2D eigenvalue weighted by Gasteiger charge is -2.02. The summed E-state index contributed by atoms with van der Waals surface area (Å²) in [5.74, 6) is 0. The predicted molar refractivity (Wildman–Crippen MR) is 54.6 cm³/mol. The van der Waals surface area contributed by atoms with Crippen molar-refractivity contribution in [3.05, 3.63) is 48.0 Å². The van der Waals surface area contributed by atoms with E-state index in [2.05, 4.69) is 18.7 Å². The van der Waals surface area contributed by atoms with Crippen molar-refractivity contribution in [2.24, 2.45) is 0 Å². The van der Waals surface area contributed by atoms with E-state index in [0.717, 1.165) is 24.7 Å². The van der Waals surface area contributed by atoms with Crippen molar-refractivity contribution in [1.82, 2.24) is 0 Å². The zero-order chi connectivity index (χ0) is 9.52. The molecule has 0 atom stereocenters. The van der Waals surface area contributed by atoms with E-state index < -0.39 is 0 Å². The molecule has 13 heavy (non-hydrogen) atoms. The number of carbonyl (C=O) groups is 1. The van der Waals surface area contributed by atoms with Crippen molar-refractivity contribution in [3.8, 4) is 0 Å². The van der Waals surface area contributed by atoms with Crippen LogP contribution in [0.4, 0.5) is 0 Å². The van der Waals surface area contributed by atoms with Crippen LogP contribution >= 0.6 is 0 Å². The molecule has 68 valence electrons. The highest BCUT2D eigenvalue weighted by molar-refractivity contribution is 5.49. The molecule has 0 amide bonds. The van der Waals surface area contributed by atoms with Gasteiger partial charge in [-0.15, -0.1) is 0 Å². The standard InChI is InChI=1S/C12H14O/c1-11(6-5-9-13)10-12-7-3-2-4-8-12/h2-4,7-9H,1,5-6,10H2. The number of aldehydes is 1. The molecule has 0 aliphatic heterocycles. The summed E-state index contributed by atoms with van der Waals surface area (Å²) in [5, 5.41) is 0. The van der Waals surface area contributed by atoms with Crippen LogP contribution in [0.3, 0.4) is 0 Å². The molecule has 1 nitrogen and oxygen atoms in total. The zero-order valence-electron chi connectivity index (χ0n) is 7.70. The van der Waals surface area contributed by atoms with Gasteiger partial charge in [-0.05, 0) is 18.4 Å². The molecule has 0 aliphatic carbocycles. The third kappa shape index (κ3) is 3.70. The van der Waals surface area contributed by atoms with Crippen molar-refractivity contribution in [3.63, 3.8) is 0 Å². The second kappa shape index (κ2) is 5.31. The van der Waals surface area contributed by atoms with Gasteiger partial charge >= 0.3 is 0 Å². The zero-order valence-corrected chi connectivity index (χ0v) is 7.70. The minimum absolute atomic E-state index is 0.589. The van der Waals surface area contributed by atoms with E-state index in [1.165, 1.54) is 5.56 Å². The number of allylic oxidation sites excluding steroid dienone is 1. The minimum Gasteiger partial charge on any atom is -0.303 e. The molecule has 0 N–H and O–H groups in total. The Morgan fingerprint density at radius 1 is 1.31 bits per heavy atom. The average Bonchev–Trinajstić information content (AvgIpc) is 2.16. The van der Waals surface area contributed by atoms with Gasteiger partial charge in [0.2, 0.25) is 0 Å². The van der Waals surface area contributed by atoms with Crippen molar-refractivity contribution < 1.29 is 4.79 Å². The van der Waals surface area contributed by atoms with Gasteiger partial charge < -0.3 is 4.79 Å². The molecule has 0 heterocycles. The van der Waals surface area contributed by atoms with Crippen LogP contribution in [0, 0.1) is 0 Å². The Morgan fingerprint density at radius 2 is 2.00 bits per heavy atom. The molecule has 1 aromatic rings. The topological polar surface area (TPSA) is 17.1 Å². The first-order valence-electron chi connectivity index (χ1n) is 4.47. The third-order valence-corrected chi connectivity index (χ3v) is 1.91.